The van der Waals surface area contributed by atoms with Crippen LogP contribution in [0.3, 0.4) is 0 Å². The third-order valence-electron chi connectivity index (χ3n) is 3.35. The standard InChI is InChI=1S/C12H11F2NO3/c1-12(11(17)18)5-10(16)15(2)9-4-8(14)7(13)3-6(9)12/h3-4H,5H2,1-2H3,(H,17,18). The van der Waals surface area contributed by atoms with Crippen LogP contribution in [-0.4, -0.2) is 24.0 Å². The highest BCUT2D eigenvalue weighted by Crippen LogP contribution is 2.41. The van der Waals surface area contributed by atoms with Gasteiger partial charge in [-0.25, -0.2) is 8.78 Å². The minimum Gasteiger partial charge on any atom is -0.481 e. The third-order valence-corrected chi connectivity index (χ3v) is 3.35. The van der Waals surface area contributed by atoms with Gasteiger partial charge in [-0.1, -0.05) is 0 Å². The summed E-state index contributed by atoms with van der Waals surface area (Å²) in [5.74, 6) is -3.92. The topological polar surface area (TPSA) is 57.6 Å². The van der Waals surface area contributed by atoms with Gasteiger partial charge < -0.3 is 10.0 Å². The van der Waals surface area contributed by atoms with E-state index in [9.17, 15) is 23.5 Å². The molecule has 0 fully saturated rings. The Morgan fingerprint density at radius 3 is 2.50 bits per heavy atom. The Morgan fingerprint density at radius 1 is 1.39 bits per heavy atom. The van der Waals surface area contributed by atoms with Crippen LogP contribution in [-0.2, 0) is 15.0 Å². The second-order valence-corrected chi connectivity index (χ2v) is 4.55. The van der Waals surface area contributed by atoms with Gasteiger partial charge in [0.25, 0.3) is 0 Å². The molecular formula is C12H11F2NO3. The van der Waals surface area contributed by atoms with Crippen LogP contribution in [0.5, 0.6) is 0 Å². The van der Waals surface area contributed by atoms with Crippen molar-refractivity contribution >= 4 is 17.6 Å². The van der Waals surface area contributed by atoms with Gasteiger partial charge in [-0.2, -0.15) is 0 Å². The molecular weight excluding hydrogens is 244 g/mol. The van der Waals surface area contributed by atoms with Crippen molar-refractivity contribution < 1.29 is 23.5 Å². The van der Waals surface area contributed by atoms with E-state index in [1.807, 2.05) is 0 Å². The maximum absolute atomic E-state index is 13.3. The van der Waals surface area contributed by atoms with Gasteiger partial charge in [-0.3, -0.25) is 9.59 Å². The number of carboxylic acid groups (broad SMARTS) is 1. The summed E-state index contributed by atoms with van der Waals surface area (Å²) in [5, 5.41) is 9.22. The van der Waals surface area contributed by atoms with Crippen molar-refractivity contribution in [3.8, 4) is 0 Å². The molecule has 1 heterocycles. The van der Waals surface area contributed by atoms with E-state index in [4.69, 9.17) is 0 Å². The van der Waals surface area contributed by atoms with Crippen molar-refractivity contribution in [3.63, 3.8) is 0 Å². The van der Waals surface area contributed by atoms with Crippen molar-refractivity contribution in [1.29, 1.82) is 0 Å². The number of hydrogen-bond acceptors (Lipinski definition) is 2. The molecule has 96 valence electrons. The average Bonchev–Trinajstić information content (AvgIpc) is 2.29. The van der Waals surface area contributed by atoms with Gasteiger partial charge in [-0.15, -0.1) is 0 Å². The summed E-state index contributed by atoms with van der Waals surface area (Å²) >= 11 is 0. The Morgan fingerprint density at radius 2 is 1.94 bits per heavy atom. The van der Waals surface area contributed by atoms with E-state index in [2.05, 4.69) is 0 Å². The molecule has 1 amide bonds. The van der Waals surface area contributed by atoms with Crippen LogP contribution in [0.4, 0.5) is 14.5 Å². The first-order valence-electron chi connectivity index (χ1n) is 5.27. The Bertz CT molecular complexity index is 558. The number of carboxylic acids is 1. The van der Waals surface area contributed by atoms with Crippen LogP contribution in [0.2, 0.25) is 0 Å². The number of carbonyl (C=O) groups is 2. The molecule has 0 saturated carbocycles. The number of fused-ring (bicyclic) bond motifs is 1. The molecule has 0 saturated heterocycles. The molecule has 1 aliphatic heterocycles. The summed E-state index contributed by atoms with van der Waals surface area (Å²) in [6.45, 7) is 1.33. The van der Waals surface area contributed by atoms with E-state index in [1.54, 1.807) is 0 Å². The normalized spacial score (nSPS) is 22.9. The highest BCUT2D eigenvalue weighted by Gasteiger charge is 2.45. The first kappa shape index (κ1) is 12.5. The fraction of sp³-hybridized carbons (Fsp3) is 0.333. The molecule has 6 heteroatoms. The molecule has 2 rings (SSSR count). The summed E-state index contributed by atoms with van der Waals surface area (Å²) in [6.07, 6.45) is -0.281. The number of nitrogens with zero attached hydrogens (tertiary/aromatic N) is 1. The average molecular weight is 255 g/mol. The second-order valence-electron chi connectivity index (χ2n) is 4.55. The van der Waals surface area contributed by atoms with Crippen LogP contribution >= 0.6 is 0 Å². The van der Waals surface area contributed by atoms with Gasteiger partial charge in [0.1, 0.15) is 5.41 Å². The Balaban J connectivity index is 2.75. The molecule has 1 atom stereocenters. The molecule has 0 bridgehead atoms. The molecule has 1 aromatic rings. The van der Waals surface area contributed by atoms with Crippen LogP contribution in [0.1, 0.15) is 18.9 Å². The maximum Gasteiger partial charge on any atom is 0.314 e. The fourth-order valence-corrected chi connectivity index (χ4v) is 2.10. The zero-order valence-corrected chi connectivity index (χ0v) is 9.83. The van der Waals surface area contributed by atoms with Gasteiger partial charge >= 0.3 is 5.97 Å². The molecule has 1 aliphatic rings. The monoisotopic (exact) mass is 255 g/mol. The first-order chi connectivity index (χ1) is 8.27. The lowest BCUT2D eigenvalue weighted by Gasteiger charge is -2.36. The zero-order chi connectivity index (χ0) is 13.7. The van der Waals surface area contributed by atoms with Gasteiger partial charge in [0.05, 0.1) is 5.69 Å². The maximum atomic E-state index is 13.3. The summed E-state index contributed by atoms with van der Waals surface area (Å²) in [6, 6.07) is 1.70. The lowest BCUT2D eigenvalue weighted by Crippen LogP contribution is -2.45. The molecule has 4 nitrogen and oxygen atoms in total. The number of amides is 1. The summed E-state index contributed by atoms with van der Waals surface area (Å²) in [4.78, 5) is 24.2. The lowest BCUT2D eigenvalue weighted by atomic mass is 9.75. The fourth-order valence-electron chi connectivity index (χ4n) is 2.10. The van der Waals surface area contributed by atoms with Crippen LogP contribution in [0, 0.1) is 11.6 Å². The highest BCUT2D eigenvalue weighted by molar-refractivity contribution is 6.03. The largest absolute Gasteiger partial charge is 0.481 e. The molecule has 0 radical (unpaired) electrons. The first-order valence-corrected chi connectivity index (χ1v) is 5.27. The summed E-state index contributed by atoms with van der Waals surface area (Å²) < 4.78 is 26.5. The van der Waals surface area contributed by atoms with E-state index in [1.165, 1.54) is 14.0 Å². The van der Waals surface area contributed by atoms with Crippen molar-refractivity contribution in [1.82, 2.24) is 0 Å². The number of anilines is 1. The Labute approximate surface area is 102 Å². The molecule has 0 aromatic heterocycles. The van der Waals surface area contributed by atoms with Crippen molar-refractivity contribution in [3.05, 3.63) is 29.3 Å². The van der Waals surface area contributed by atoms with Crippen molar-refractivity contribution in [2.24, 2.45) is 0 Å². The number of rotatable bonds is 1. The van der Waals surface area contributed by atoms with E-state index >= 15 is 0 Å². The second kappa shape index (κ2) is 3.76. The van der Waals surface area contributed by atoms with Gasteiger partial charge in [0.2, 0.25) is 5.91 Å². The van der Waals surface area contributed by atoms with Crippen LogP contribution in [0.25, 0.3) is 0 Å². The SMILES string of the molecule is CN1C(=O)CC(C)(C(=O)O)c2cc(F)c(F)cc21. The van der Waals surface area contributed by atoms with Gasteiger partial charge in [-0.05, 0) is 18.6 Å². The zero-order valence-electron chi connectivity index (χ0n) is 9.83. The number of halogens is 2. The predicted octanol–water partition coefficient (Wildman–Crippen LogP) is 1.67. The number of aliphatic carboxylic acids is 1. The van der Waals surface area contributed by atoms with Crippen LogP contribution < -0.4 is 4.90 Å². The molecule has 0 aliphatic carbocycles. The Hall–Kier alpha value is -1.98. The van der Waals surface area contributed by atoms with Crippen molar-refractivity contribution in [2.75, 3.05) is 11.9 Å². The summed E-state index contributed by atoms with van der Waals surface area (Å²) in [7, 11) is 1.40. The van der Waals surface area contributed by atoms with Gasteiger partial charge in [0, 0.05) is 19.5 Å². The lowest BCUT2D eigenvalue weighted by molar-refractivity contribution is -0.145. The van der Waals surface area contributed by atoms with E-state index in [-0.39, 0.29) is 17.7 Å². The minimum absolute atomic E-state index is 0.0926. The molecule has 0 spiro atoms. The molecule has 1 N–H and O–H groups in total. The van der Waals surface area contributed by atoms with Crippen LogP contribution in [0.15, 0.2) is 12.1 Å². The van der Waals surface area contributed by atoms with E-state index in [0.29, 0.717) is 0 Å². The smallest absolute Gasteiger partial charge is 0.314 e. The van der Waals surface area contributed by atoms with E-state index in [0.717, 1.165) is 17.0 Å². The summed E-state index contributed by atoms with van der Waals surface area (Å²) in [5.41, 5.74) is -1.33. The Kier molecular flexibility index (Phi) is 2.61. The third kappa shape index (κ3) is 1.56. The van der Waals surface area contributed by atoms with E-state index < -0.39 is 28.9 Å². The molecule has 18 heavy (non-hydrogen) atoms. The van der Waals surface area contributed by atoms with Crippen molar-refractivity contribution in [2.45, 2.75) is 18.8 Å². The predicted molar refractivity (Wildman–Crippen MR) is 59.4 cm³/mol. The minimum atomic E-state index is -1.53. The van der Waals surface area contributed by atoms with Gasteiger partial charge in [0.15, 0.2) is 11.6 Å². The highest BCUT2D eigenvalue weighted by atomic mass is 19.2. The number of benzene rings is 1. The quantitative estimate of drug-likeness (QED) is 0.830. The number of hydrogen-bond donors (Lipinski definition) is 1. The number of carbonyl (C=O) groups excluding carboxylic acids is 1. The molecule has 1 unspecified atom stereocenters. The molecule has 1 aromatic carbocycles.